The summed E-state index contributed by atoms with van der Waals surface area (Å²) >= 11 is 0. The highest BCUT2D eigenvalue weighted by atomic mass is 32.2. The molecule has 0 aliphatic carbocycles. The van der Waals surface area contributed by atoms with Crippen LogP contribution in [0.4, 0.5) is 0 Å². The number of benzene rings is 1. The molecule has 5 heteroatoms. The van der Waals surface area contributed by atoms with Crippen LogP contribution < -0.4 is 4.74 Å². The molecule has 0 unspecified atom stereocenters. The molecule has 4 nitrogen and oxygen atoms in total. The second kappa shape index (κ2) is 6.42. The summed E-state index contributed by atoms with van der Waals surface area (Å²) in [6.45, 7) is 4.08. The van der Waals surface area contributed by atoms with Crippen LogP contribution in [-0.4, -0.2) is 25.3 Å². The Morgan fingerprint density at radius 3 is 2.41 bits per heavy atom. The molecule has 94 valence electrons. The van der Waals surface area contributed by atoms with Crippen molar-refractivity contribution >= 4 is 16.2 Å². The van der Waals surface area contributed by atoms with Gasteiger partial charge in [-0.2, -0.15) is 8.42 Å². The largest absolute Gasteiger partial charge is 0.494 e. The second-order valence-corrected chi connectivity index (χ2v) is 5.19. The number of hydrogen-bond donors (Lipinski definition) is 1. The van der Waals surface area contributed by atoms with Crippen molar-refractivity contribution in [2.24, 2.45) is 0 Å². The summed E-state index contributed by atoms with van der Waals surface area (Å²) in [5, 5.41) is 0. The molecule has 0 saturated heterocycles. The van der Waals surface area contributed by atoms with E-state index in [0.29, 0.717) is 19.4 Å². The zero-order valence-electron chi connectivity index (χ0n) is 9.50. The van der Waals surface area contributed by atoms with E-state index in [1.54, 1.807) is 6.08 Å². The van der Waals surface area contributed by atoms with Crippen molar-refractivity contribution in [2.45, 2.75) is 12.8 Å². The minimum Gasteiger partial charge on any atom is -0.494 e. The van der Waals surface area contributed by atoms with Gasteiger partial charge in [0.1, 0.15) is 5.75 Å². The zero-order valence-corrected chi connectivity index (χ0v) is 10.3. The van der Waals surface area contributed by atoms with E-state index in [1.807, 2.05) is 24.3 Å². The van der Waals surface area contributed by atoms with Gasteiger partial charge in [0, 0.05) is 0 Å². The molecular weight excluding hydrogens is 240 g/mol. The molecule has 1 aromatic rings. The fourth-order valence-corrected chi connectivity index (χ4v) is 1.85. The number of rotatable bonds is 7. The second-order valence-electron chi connectivity index (χ2n) is 3.61. The first-order valence-corrected chi connectivity index (χ1v) is 6.92. The van der Waals surface area contributed by atoms with Crippen LogP contribution in [0.25, 0.3) is 6.08 Å². The molecule has 0 fully saturated rings. The topological polar surface area (TPSA) is 63.6 Å². The van der Waals surface area contributed by atoms with E-state index in [0.717, 1.165) is 11.3 Å². The minimum absolute atomic E-state index is 0.217. The van der Waals surface area contributed by atoms with Crippen LogP contribution in [0.15, 0.2) is 30.8 Å². The smallest absolute Gasteiger partial charge is 0.264 e. The average molecular weight is 256 g/mol. The normalized spacial score (nSPS) is 11.1. The maximum absolute atomic E-state index is 10.4. The van der Waals surface area contributed by atoms with E-state index in [4.69, 9.17) is 9.29 Å². The van der Waals surface area contributed by atoms with Crippen molar-refractivity contribution in [2.75, 3.05) is 12.4 Å². The summed E-state index contributed by atoms with van der Waals surface area (Å²) in [5.74, 6) is 0.522. The molecular formula is C12H16O4S. The van der Waals surface area contributed by atoms with Gasteiger partial charge in [0.05, 0.1) is 12.4 Å². The summed E-state index contributed by atoms with van der Waals surface area (Å²) in [6, 6.07) is 7.45. The quantitative estimate of drug-likeness (QED) is 0.601. The number of hydrogen-bond acceptors (Lipinski definition) is 3. The average Bonchev–Trinajstić information content (AvgIpc) is 2.28. The molecule has 0 radical (unpaired) electrons. The molecule has 1 N–H and O–H groups in total. The van der Waals surface area contributed by atoms with Crippen molar-refractivity contribution in [1.29, 1.82) is 0 Å². The molecule has 0 atom stereocenters. The summed E-state index contributed by atoms with van der Waals surface area (Å²) in [4.78, 5) is 0. The van der Waals surface area contributed by atoms with Gasteiger partial charge in [-0.3, -0.25) is 4.55 Å². The van der Waals surface area contributed by atoms with Gasteiger partial charge >= 0.3 is 0 Å². The number of unbranched alkanes of at least 4 members (excludes halogenated alkanes) is 1. The molecule has 17 heavy (non-hydrogen) atoms. The Morgan fingerprint density at radius 1 is 1.24 bits per heavy atom. The van der Waals surface area contributed by atoms with E-state index < -0.39 is 10.1 Å². The minimum atomic E-state index is -3.84. The lowest BCUT2D eigenvalue weighted by atomic mass is 10.2. The first-order chi connectivity index (χ1) is 8.01. The van der Waals surface area contributed by atoms with Gasteiger partial charge in [-0.15, -0.1) is 0 Å². The Kier molecular flexibility index (Phi) is 5.18. The molecule has 0 aliphatic rings. The summed E-state index contributed by atoms with van der Waals surface area (Å²) in [5.41, 5.74) is 1.02. The molecule has 0 heterocycles. The third-order valence-electron chi connectivity index (χ3n) is 2.18. The highest BCUT2D eigenvalue weighted by Crippen LogP contribution is 2.13. The molecule has 0 bridgehead atoms. The van der Waals surface area contributed by atoms with Gasteiger partial charge in [0.25, 0.3) is 10.1 Å². The third kappa shape index (κ3) is 6.09. The van der Waals surface area contributed by atoms with Gasteiger partial charge in [0.2, 0.25) is 0 Å². The van der Waals surface area contributed by atoms with E-state index in [1.165, 1.54) is 0 Å². The van der Waals surface area contributed by atoms with Gasteiger partial charge in [-0.1, -0.05) is 24.8 Å². The Morgan fingerprint density at radius 2 is 1.88 bits per heavy atom. The first-order valence-electron chi connectivity index (χ1n) is 5.32. The van der Waals surface area contributed by atoms with Gasteiger partial charge in [-0.25, -0.2) is 0 Å². The van der Waals surface area contributed by atoms with Crippen molar-refractivity contribution in [3.63, 3.8) is 0 Å². The fraction of sp³-hybridized carbons (Fsp3) is 0.333. The molecule has 1 rings (SSSR count). The van der Waals surface area contributed by atoms with Gasteiger partial charge in [-0.05, 0) is 30.5 Å². The summed E-state index contributed by atoms with van der Waals surface area (Å²) in [7, 11) is -3.84. The predicted molar refractivity (Wildman–Crippen MR) is 67.7 cm³/mol. The molecule has 0 saturated carbocycles. The molecule has 0 spiro atoms. The zero-order chi connectivity index (χ0) is 12.7. The first kappa shape index (κ1) is 13.7. The Bertz CT molecular complexity index is 448. The van der Waals surface area contributed by atoms with E-state index in [-0.39, 0.29) is 5.75 Å². The SMILES string of the molecule is C=Cc1ccc(OCCCCS(=O)(=O)O)cc1. The van der Waals surface area contributed by atoms with Crippen LogP contribution in [0, 0.1) is 0 Å². The summed E-state index contributed by atoms with van der Waals surface area (Å²) in [6.07, 6.45) is 2.72. The van der Waals surface area contributed by atoms with Crippen molar-refractivity contribution in [1.82, 2.24) is 0 Å². The highest BCUT2D eigenvalue weighted by Gasteiger charge is 2.03. The van der Waals surface area contributed by atoms with Gasteiger partial charge < -0.3 is 4.74 Å². The van der Waals surface area contributed by atoms with Crippen LogP contribution in [0.5, 0.6) is 5.75 Å². The Balaban J connectivity index is 2.24. The van der Waals surface area contributed by atoms with Gasteiger partial charge in [0.15, 0.2) is 0 Å². The van der Waals surface area contributed by atoms with Crippen LogP contribution in [0.3, 0.4) is 0 Å². The maximum Gasteiger partial charge on any atom is 0.264 e. The molecule has 0 aromatic heterocycles. The summed E-state index contributed by atoms with van der Waals surface area (Å²) < 4.78 is 34.8. The predicted octanol–water partition coefficient (Wildman–Crippen LogP) is 2.38. The molecule has 0 aliphatic heterocycles. The Labute approximate surface area is 102 Å². The lowest BCUT2D eigenvalue weighted by molar-refractivity contribution is 0.309. The standard InChI is InChI=1S/C12H16O4S/c1-2-11-5-7-12(8-6-11)16-9-3-4-10-17(13,14)15/h2,5-8H,1,3-4,9-10H2,(H,13,14,15). The van der Waals surface area contributed by atoms with Crippen LogP contribution >= 0.6 is 0 Å². The van der Waals surface area contributed by atoms with Crippen molar-refractivity contribution < 1.29 is 17.7 Å². The lowest BCUT2D eigenvalue weighted by Crippen LogP contribution is -2.06. The number of ether oxygens (including phenoxy) is 1. The molecule has 1 aromatic carbocycles. The van der Waals surface area contributed by atoms with E-state index in [9.17, 15) is 8.42 Å². The molecule has 0 amide bonds. The third-order valence-corrected chi connectivity index (χ3v) is 2.99. The van der Waals surface area contributed by atoms with Crippen LogP contribution in [0.1, 0.15) is 18.4 Å². The van der Waals surface area contributed by atoms with Crippen LogP contribution in [0.2, 0.25) is 0 Å². The van der Waals surface area contributed by atoms with E-state index >= 15 is 0 Å². The fourth-order valence-electron chi connectivity index (χ4n) is 1.28. The lowest BCUT2D eigenvalue weighted by Gasteiger charge is -2.05. The van der Waals surface area contributed by atoms with E-state index in [2.05, 4.69) is 6.58 Å². The maximum atomic E-state index is 10.4. The van der Waals surface area contributed by atoms with Crippen LogP contribution in [-0.2, 0) is 10.1 Å². The highest BCUT2D eigenvalue weighted by molar-refractivity contribution is 7.85. The monoisotopic (exact) mass is 256 g/mol. The van der Waals surface area contributed by atoms with Crippen molar-refractivity contribution in [3.8, 4) is 5.75 Å². The van der Waals surface area contributed by atoms with Crippen molar-refractivity contribution in [3.05, 3.63) is 36.4 Å². The Hall–Kier alpha value is -1.33.